The molecule has 0 saturated carbocycles. The molecule has 16 heavy (non-hydrogen) atoms. The lowest BCUT2D eigenvalue weighted by Crippen LogP contribution is -2.25. The van der Waals surface area contributed by atoms with Crippen LogP contribution in [0.15, 0.2) is 21.8 Å². The van der Waals surface area contributed by atoms with Gasteiger partial charge in [0.05, 0.1) is 5.69 Å². The third-order valence-electron chi connectivity index (χ3n) is 2.23. The molecule has 88 valence electrons. The van der Waals surface area contributed by atoms with Crippen LogP contribution in [0, 0.1) is 6.92 Å². The van der Waals surface area contributed by atoms with E-state index in [1.165, 1.54) is 0 Å². The van der Waals surface area contributed by atoms with Gasteiger partial charge in [0, 0.05) is 24.5 Å². The molecule has 6 heteroatoms. The van der Waals surface area contributed by atoms with E-state index in [9.17, 15) is 0 Å². The Morgan fingerprint density at radius 2 is 2.31 bits per heavy atom. The molecule has 1 aromatic heterocycles. The van der Waals surface area contributed by atoms with E-state index in [1.54, 1.807) is 0 Å². The summed E-state index contributed by atoms with van der Waals surface area (Å²) in [4.78, 5) is 6.37. The molecule has 3 N–H and O–H groups in total. The number of amidine groups is 1. The maximum absolute atomic E-state index is 8.42. The number of halogens is 1. The number of nitrogens with two attached hydrogens (primary N) is 1. The van der Waals surface area contributed by atoms with Crippen LogP contribution < -0.4 is 10.6 Å². The topological polar surface area (TPSA) is 74.7 Å². The number of oxime groups is 1. The summed E-state index contributed by atoms with van der Waals surface area (Å²) < 4.78 is 0.987. The van der Waals surface area contributed by atoms with Crippen molar-refractivity contribution in [2.75, 3.05) is 18.5 Å². The molecule has 0 spiro atoms. The van der Waals surface area contributed by atoms with E-state index < -0.39 is 0 Å². The van der Waals surface area contributed by atoms with Crippen molar-refractivity contribution in [2.45, 2.75) is 13.3 Å². The molecule has 0 radical (unpaired) electrons. The summed E-state index contributed by atoms with van der Waals surface area (Å²) in [6, 6.07) is 3.88. The van der Waals surface area contributed by atoms with Gasteiger partial charge in [0.15, 0.2) is 0 Å². The number of hydrogen-bond donors (Lipinski definition) is 2. The van der Waals surface area contributed by atoms with Crippen molar-refractivity contribution < 1.29 is 5.21 Å². The van der Waals surface area contributed by atoms with Crippen LogP contribution in [0.25, 0.3) is 0 Å². The van der Waals surface area contributed by atoms with Gasteiger partial charge in [-0.2, -0.15) is 0 Å². The summed E-state index contributed by atoms with van der Waals surface area (Å²) in [5.74, 6) is 1.09. The summed E-state index contributed by atoms with van der Waals surface area (Å²) in [6.45, 7) is 2.59. The Bertz CT molecular complexity index is 394. The lowest BCUT2D eigenvalue weighted by atomic mass is 10.3. The van der Waals surface area contributed by atoms with Crippen LogP contribution in [0.5, 0.6) is 0 Å². The van der Waals surface area contributed by atoms with Crippen LogP contribution in [0.3, 0.4) is 0 Å². The van der Waals surface area contributed by atoms with Crippen molar-refractivity contribution >= 4 is 27.6 Å². The van der Waals surface area contributed by atoms with Crippen LogP contribution in [-0.2, 0) is 0 Å². The molecule has 0 aliphatic rings. The molecule has 1 rings (SSSR count). The van der Waals surface area contributed by atoms with Crippen molar-refractivity contribution in [1.29, 1.82) is 0 Å². The molecule has 1 heterocycles. The molecule has 0 aliphatic heterocycles. The first-order chi connectivity index (χ1) is 7.54. The normalized spacial score (nSPS) is 11.6. The number of aromatic nitrogens is 1. The van der Waals surface area contributed by atoms with Crippen LogP contribution in [0.2, 0.25) is 0 Å². The predicted molar refractivity (Wildman–Crippen MR) is 68.0 cm³/mol. The molecular weight excluding hydrogens is 272 g/mol. The number of hydrogen-bond acceptors (Lipinski definition) is 4. The SMILES string of the molecule is Cc1nc(N(C)CC/C(N)=N/O)ccc1Br. The fourth-order valence-corrected chi connectivity index (χ4v) is 1.41. The van der Waals surface area contributed by atoms with Crippen LogP contribution >= 0.6 is 15.9 Å². The number of nitrogens with zero attached hydrogens (tertiary/aromatic N) is 3. The second kappa shape index (κ2) is 5.69. The highest BCUT2D eigenvalue weighted by Crippen LogP contribution is 2.18. The van der Waals surface area contributed by atoms with Gasteiger partial charge in [-0.25, -0.2) is 4.98 Å². The third-order valence-corrected chi connectivity index (χ3v) is 3.07. The number of aryl methyl sites for hydroxylation is 1. The molecule has 0 atom stereocenters. The molecule has 0 aromatic carbocycles. The Hall–Kier alpha value is -1.30. The van der Waals surface area contributed by atoms with Gasteiger partial charge in [-0.05, 0) is 35.0 Å². The van der Waals surface area contributed by atoms with Crippen LogP contribution in [-0.4, -0.2) is 29.6 Å². The summed E-state index contributed by atoms with van der Waals surface area (Å²) in [6.07, 6.45) is 0.504. The second-order valence-electron chi connectivity index (χ2n) is 3.50. The summed E-state index contributed by atoms with van der Waals surface area (Å²) in [5.41, 5.74) is 6.34. The van der Waals surface area contributed by atoms with Crippen LogP contribution in [0.1, 0.15) is 12.1 Å². The van der Waals surface area contributed by atoms with Crippen molar-refractivity contribution in [3.8, 4) is 0 Å². The lowest BCUT2D eigenvalue weighted by Gasteiger charge is -2.18. The minimum Gasteiger partial charge on any atom is -0.409 e. The Labute approximate surface area is 103 Å². The fourth-order valence-electron chi connectivity index (χ4n) is 1.19. The molecular formula is C10H15BrN4O. The predicted octanol–water partition coefficient (Wildman–Crippen LogP) is 1.73. The maximum atomic E-state index is 8.42. The average Bonchev–Trinajstić information content (AvgIpc) is 2.29. The van der Waals surface area contributed by atoms with Crippen molar-refractivity contribution in [3.05, 3.63) is 22.3 Å². The monoisotopic (exact) mass is 286 g/mol. The minimum atomic E-state index is 0.223. The van der Waals surface area contributed by atoms with E-state index in [-0.39, 0.29) is 5.84 Å². The van der Waals surface area contributed by atoms with Crippen molar-refractivity contribution in [2.24, 2.45) is 10.9 Å². The molecule has 1 aromatic rings. The van der Waals surface area contributed by atoms with Gasteiger partial charge in [-0.1, -0.05) is 5.16 Å². The largest absolute Gasteiger partial charge is 0.409 e. The number of anilines is 1. The van der Waals surface area contributed by atoms with E-state index in [0.717, 1.165) is 16.0 Å². The summed E-state index contributed by atoms with van der Waals surface area (Å²) >= 11 is 3.40. The van der Waals surface area contributed by atoms with Gasteiger partial charge in [0.2, 0.25) is 0 Å². The highest BCUT2D eigenvalue weighted by Gasteiger charge is 2.05. The van der Waals surface area contributed by atoms with Gasteiger partial charge in [0.25, 0.3) is 0 Å². The van der Waals surface area contributed by atoms with Crippen LogP contribution in [0.4, 0.5) is 5.82 Å². The van der Waals surface area contributed by atoms with E-state index in [2.05, 4.69) is 26.1 Å². The molecule has 0 saturated heterocycles. The Morgan fingerprint density at radius 1 is 1.62 bits per heavy atom. The highest BCUT2D eigenvalue weighted by atomic mass is 79.9. The number of pyridine rings is 1. The third kappa shape index (κ3) is 3.37. The van der Waals surface area contributed by atoms with Crippen molar-refractivity contribution in [1.82, 2.24) is 4.98 Å². The van der Waals surface area contributed by atoms with Gasteiger partial charge in [-0.15, -0.1) is 0 Å². The first-order valence-electron chi connectivity index (χ1n) is 4.85. The van der Waals surface area contributed by atoms with Gasteiger partial charge < -0.3 is 15.8 Å². The van der Waals surface area contributed by atoms with Gasteiger partial charge in [0.1, 0.15) is 11.7 Å². The second-order valence-corrected chi connectivity index (χ2v) is 4.35. The van der Waals surface area contributed by atoms with Gasteiger partial charge in [-0.3, -0.25) is 0 Å². The molecule has 0 unspecified atom stereocenters. The maximum Gasteiger partial charge on any atom is 0.140 e. The van der Waals surface area contributed by atoms with E-state index in [0.29, 0.717) is 13.0 Å². The molecule has 0 fully saturated rings. The molecule has 0 amide bonds. The van der Waals surface area contributed by atoms with E-state index >= 15 is 0 Å². The minimum absolute atomic E-state index is 0.223. The van der Waals surface area contributed by atoms with Crippen molar-refractivity contribution in [3.63, 3.8) is 0 Å². The quantitative estimate of drug-likeness (QED) is 0.383. The smallest absolute Gasteiger partial charge is 0.140 e. The summed E-state index contributed by atoms with van der Waals surface area (Å²) in [5, 5.41) is 11.3. The van der Waals surface area contributed by atoms with E-state index in [4.69, 9.17) is 10.9 Å². The van der Waals surface area contributed by atoms with E-state index in [1.807, 2.05) is 31.0 Å². The Morgan fingerprint density at radius 3 is 2.88 bits per heavy atom. The highest BCUT2D eigenvalue weighted by molar-refractivity contribution is 9.10. The molecule has 0 bridgehead atoms. The Balaban J connectivity index is 2.66. The first kappa shape index (κ1) is 12.8. The zero-order valence-electron chi connectivity index (χ0n) is 9.31. The fraction of sp³-hybridized carbons (Fsp3) is 0.400. The average molecular weight is 287 g/mol. The lowest BCUT2D eigenvalue weighted by molar-refractivity contribution is 0.317. The molecule has 0 aliphatic carbocycles. The zero-order chi connectivity index (χ0) is 12.1. The zero-order valence-corrected chi connectivity index (χ0v) is 10.9. The number of rotatable bonds is 4. The molecule has 5 nitrogen and oxygen atoms in total. The standard InChI is InChI=1S/C10H15BrN4O/c1-7-8(11)3-4-10(13-7)15(2)6-5-9(12)14-16/h3-4,16H,5-6H2,1-2H3,(H2,12,14). The first-order valence-corrected chi connectivity index (χ1v) is 5.64. The van der Waals surface area contributed by atoms with Gasteiger partial charge >= 0.3 is 0 Å². The summed E-state index contributed by atoms with van der Waals surface area (Å²) in [7, 11) is 1.92. The Kier molecular flexibility index (Phi) is 4.54.